The van der Waals surface area contributed by atoms with Crippen LogP contribution in [-0.2, 0) is 4.79 Å². The number of carboxylic acids is 1. The third-order valence-electron chi connectivity index (χ3n) is 3.27. The summed E-state index contributed by atoms with van der Waals surface area (Å²) >= 11 is 0. The molecule has 1 N–H and O–H groups in total. The van der Waals surface area contributed by atoms with Crippen LogP contribution in [0.4, 0.5) is 8.78 Å². The van der Waals surface area contributed by atoms with Crippen LogP contribution in [0.5, 0.6) is 5.75 Å². The molecule has 84 valence electrons. The Balaban J connectivity index is 2.07. The summed E-state index contributed by atoms with van der Waals surface area (Å²) in [6.07, 6.45) is 0. The van der Waals surface area contributed by atoms with Crippen LogP contribution in [0.1, 0.15) is 11.5 Å². The fraction of sp³-hybridized carbons (Fsp3) is 0.364. The highest BCUT2D eigenvalue weighted by molar-refractivity contribution is 5.77. The Morgan fingerprint density at radius 1 is 1.44 bits per heavy atom. The van der Waals surface area contributed by atoms with Crippen LogP contribution >= 0.6 is 0 Å². The van der Waals surface area contributed by atoms with E-state index in [0.717, 1.165) is 12.1 Å². The highest BCUT2D eigenvalue weighted by Gasteiger charge is 2.60. The molecular formula is C11H8F2O3. The van der Waals surface area contributed by atoms with Crippen LogP contribution in [0.3, 0.4) is 0 Å². The molecular weight excluding hydrogens is 218 g/mol. The predicted molar refractivity (Wildman–Crippen MR) is 49.2 cm³/mol. The number of carboxylic acid groups (broad SMARTS) is 1. The van der Waals surface area contributed by atoms with Crippen molar-refractivity contribution in [3.05, 3.63) is 29.3 Å². The molecule has 1 fully saturated rings. The van der Waals surface area contributed by atoms with Crippen molar-refractivity contribution < 1.29 is 23.4 Å². The molecule has 1 aromatic rings. The van der Waals surface area contributed by atoms with Gasteiger partial charge >= 0.3 is 5.97 Å². The van der Waals surface area contributed by atoms with E-state index >= 15 is 0 Å². The Morgan fingerprint density at radius 2 is 2.19 bits per heavy atom. The lowest BCUT2D eigenvalue weighted by molar-refractivity contribution is -0.139. The average Bonchev–Trinajstić information content (AvgIpc) is 2.90. The minimum atomic E-state index is -0.949. The quantitative estimate of drug-likeness (QED) is 0.793. The summed E-state index contributed by atoms with van der Waals surface area (Å²) in [5, 5.41) is 8.90. The molecule has 0 spiro atoms. The fourth-order valence-electron chi connectivity index (χ4n) is 2.50. The van der Waals surface area contributed by atoms with E-state index in [2.05, 4.69) is 0 Å². The standard InChI is InChI=1S/C11H8F2O3/c12-4-1-6(13)10-7(2-4)16-3-5-8(10)9(5)11(14)15/h1-2,5,8-9H,3H2,(H,14,15)/t5-,8+,9?/m0/s1. The number of hydrogen-bond acceptors (Lipinski definition) is 2. The van der Waals surface area contributed by atoms with Gasteiger partial charge in [0.05, 0.1) is 12.5 Å². The summed E-state index contributed by atoms with van der Waals surface area (Å²) in [4.78, 5) is 10.9. The van der Waals surface area contributed by atoms with Crippen LogP contribution in [0.2, 0.25) is 0 Å². The molecule has 1 aliphatic carbocycles. The van der Waals surface area contributed by atoms with Crippen molar-refractivity contribution in [3.8, 4) is 5.75 Å². The first-order valence-corrected chi connectivity index (χ1v) is 4.94. The minimum absolute atomic E-state index is 0.141. The van der Waals surface area contributed by atoms with Crippen LogP contribution in [0.25, 0.3) is 0 Å². The predicted octanol–water partition coefficient (Wildman–Crippen LogP) is 1.77. The zero-order valence-corrected chi connectivity index (χ0v) is 8.11. The molecule has 1 aromatic carbocycles. The highest BCUT2D eigenvalue weighted by Crippen LogP contribution is 2.59. The lowest BCUT2D eigenvalue weighted by atomic mass is 10.0. The van der Waals surface area contributed by atoms with Gasteiger partial charge in [0.15, 0.2) is 0 Å². The molecule has 1 unspecified atom stereocenters. The number of benzene rings is 1. The number of aliphatic carboxylic acids is 1. The molecule has 3 nitrogen and oxygen atoms in total. The van der Waals surface area contributed by atoms with Gasteiger partial charge in [0.25, 0.3) is 0 Å². The molecule has 1 aliphatic heterocycles. The molecule has 3 atom stereocenters. The maximum absolute atomic E-state index is 13.5. The second-order valence-electron chi connectivity index (χ2n) is 4.16. The summed E-state index contributed by atoms with van der Waals surface area (Å²) < 4.78 is 31.6. The van der Waals surface area contributed by atoms with Gasteiger partial charge in [-0.1, -0.05) is 0 Å². The lowest BCUT2D eigenvalue weighted by Crippen LogP contribution is -2.10. The molecule has 1 saturated carbocycles. The number of halogens is 2. The van der Waals surface area contributed by atoms with Gasteiger partial charge in [-0.15, -0.1) is 0 Å². The minimum Gasteiger partial charge on any atom is -0.493 e. The van der Waals surface area contributed by atoms with E-state index in [-0.39, 0.29) is 29.8 Å². The third-order valence-corrected chi connectivity index (χ3v) is 3.27. The first kappa shape index (κ1) is 9.57. The zero-order chi connectivity index (χ0) is 11.4. The van der Waals surface area contributed by atoms with E-state index in [9.17, 15) is 13.6 Å². The molecule has 0 radical (unpaired) electrons. The van der Waals surface area contributed by atoms with E-state index < -0.39 is 23.5 Å². The van der Waals surface area contributed by atoms with Gasteiger partial charge in [-0.05, 0) is 0 Å². The van der Waals surface area contributed by atoms with E-state index in [4.69, 9.17) is 9.84 Å². The maximum Gasteiger partial charge on any atom is 0.307 e. The summed E-state index contributed by atoms with van der Waals surface area (Å²) in [5.74, 6) is -3.36. The van der Waals surface area contributed by atoms with E-state index in [0.29, 0.717) is 0 Å². The normalized spacial score (nSPS) is 30.0. The Bertz CT molecular complexity index is 486. The zero-order valence-electron chi connectivity index (χ0n) is 8.11. The molecule has 16 heavy (non-hydrogen) atoms. The monoisotopic (exact) mass is 226 g/mol. The number of carbonyl (C=O) groups is 1. The van der Waals surface area contributed by atoms with E-state index in [1.165, 1.54) is 0 Å². The van der Waals surface area contributed by atoms with Gasteiger partial charge in [0.2, 0.25) is 0 Å². The summed E-state index contributed by atoms with van der Waals surface area (Å²) in [7, 11) is 0. The molecule has 0 aromatic heterocycles. The Labute approximate surface area is 89.6 Å². The van der Waals surface area contributed by atoms with Crippen molar-refractivity contribution in [1.29, 1.82) is 0 Å². The van der Waals surface area contributed by atoms with Gasteiger partial charge in [0, 0.05) is 29.5 Å². The largest absolute Gasteiger partial charge is 0.493 e. The van der Waals surface area contributed by atoms with Crippen molar-refractivity contribution in [2.45, 2.75) is 5.92 Å². The average molecular weight is 226 g/mol. The SMILES string of the molecule is O=C(O)C1[C@H]2COc3cc(F)cc(F)c3[C@@H]12. The number of ether oxygens (including phenoxy) is 1. The van der Waals surface area contributed by atoms with Gasteiger partial charge < -0.3 is 9.84 Å². The summed E-state index contributed by atoms with van der Waals surface area (Å²) in [5.41, 5.74) is 0.213. The second-order valence-corrected chi connectivity index (χ2v) is 4.16. The van der Waals surface area contributed by atoms with Crippen molar-refractivity contribution in [3.63, 3.8) is 0 Å². The van der Waals surface area contributed by atoms with Crippen molar-refractivity contribution in [2.75, 3.05) is 6.61 Å². The van der Waals surface area contributed by atoms with Gasteiger partial charge in [0.1, 0.15) is 17.4 Å². The number of hydrogen-bond donors (Lipinski definition) is 1. The summed E-state index contributed by atoms with van der Waals surface area (Å²) in [6.45, 7) is 0.220. The third kappa shape index (κ3) is 1.14. The lowest BCUT2D eigenvalue weighted by Gasteiger charge is -2.16. The van der Waals surface area contributed by atoms with Crippen molar-refractivity contribution in [1.82, 2.24) is 0 Å². The first-order chi connectivity index (χ1) is 7.59. The Hall–Kier alpha value is -1.65. The Kier molecular flexibility index (Phi) is 1.75. The second kappa shape index (κ2) is 2.93. The molecule has 0 bridgehead atoms. The first-order valence-electron chi connectivity index (χ1n) is 4.94. The molecule has 0 amide bonds. The van der Waals surface area contributed by atoms with Gasteiger partial charge in [-0.3, -0.25) is 4.79 Å². The van der Waals surface area contributed by atoms with E-state index in [1.54, 1.807) is 0 Å². The number of rotatable bonds is 1. The Morgan fingerprint density at radius 3 is 2.88 bits per heavy atom. The van der Waals surface area contributed by atoms with Crippen molar-refractivity contribution >= 4 is 5.97 Å². The number of fused-ring (bicyclic) bond motifs is 3. The van der Waals surface area contributed by atoms with Crippen LogP contribution in [0, 0.1) is 23.5 Å². The molecule has 1 heterocycles. The van der Waals surface area contributed by atoms with Gasteiger partial charge in [-0.25, -0.2) is 8.78 Å². The van der Waals surface area contributed by atoms with Crippen LogP contribution < -0.4 is 4.74 Å². The van der Waals surface area contributed by atoms with E-state index in [1.807, 2.05) is 0 Å². The topological polar surface area (TPSA) is 46.5 Å². The highest BCUT2D eigenvalue weighted by atomic mass is 19.1. The molecule has 2 aliphatic rings. The molecule has 5 heteroatoms. The molecule has 3 rings (SSSR count). The van der Waals surface area contributed by atoms with Crippen LogP contribution in [0.15, 0.2) is 12.1 Å². The van der Waals surface area contributed by atoms with Crippen LogP contribution in [-0.4, -0.2) is 17.7 Å². The molecule has 0 saturated heterocycles. The van der Waals surface area contributed by atoms with Gasteiger partial charge in [-0.2, -0.15) is 0 Å². The smallest absolute Gasteiger partial charge is 0.307 e. The maximum atomic E-state index is 13.5. The summed E-state index contributed by atoms with van der Waals surface area (Å²) in [6, 6.07) is 1.87. The van der Waals surface area contributed by atoms with Crippen molar-refractivity contribution in [2.24, 2.45) is 11.8 Å². The fourth-order valence-corrected chi connectivity index (χ4v) is 2.50.